The summed E-state index contributed by atoms with van der Waals surface area (Å²) in [6.45, 7) is 2.10. The molecule has 0 fully saturated rings. The highest BCUT2D eigenvalue weighted by Crippen LogP contribution is 2.34. The van der Waals surface area contributed by atoms with Crippen molar-refractivity contribution < 1.29 is 14.3 Å². The first kappa shape index (κ1) is 21.2. The SMILES string of the molecule is CC1Oc2ccccc2N(CC(=O)N(CCc2ccccc2)c2nc3ccccc3s2)C1=O. The average molecular weight is 458 g/mol. The second-order valence-electron chi connectivity index (χ2n) is 7.90. The maximum atomic E-state index is 13.6. The Bertz CT molecular complexity index is 1270. The minimum absolute atomic E-state index is 0.0751. The number of hydrogen-bond acceptors (Lipinski definition) is 5. The van der Waals surface area contributed by atoms with Gasteiger partial charge in [0.25, 0.3) is 5.91 Å². The molecule has 0 N–H and O–H groups in total. The maximum absolute atomic E-state index is 13.6. The zero-order valence-corrected chi connectivity index (χ0v) is 19.0. The molecule has 4 aromatic rings. The van der Waals surface area contributed by atoms with Crippen LogP contribution >= 0.6 is 11.3 Å². The second kappa shape index (κ2) is 9.03. The molecule has 6 nitrogen and oxygen atoms in total. The number of rotatable bonds is 6. The topological polar surface area (TPSA) is 62.7 Å². The molecule has 1 unspecified atom stereocenters. The fourth-order valence-electron chi connectivity index (χ4n) is 3.93. The third-order valence-corrected chi connectivity index (χ3v) is 6.71. The Hall–Kier alpha value is -3.71. The Kier molecular flexibility index (Phi) is 5.79. The van der Waals surface area contributed by atoms with E-state index in [9.17, 15) is 9.59 Å². The van der Waals surface area contributed by atoms with Crippen molar-refractivity contribution in [3.63, 3.8) is 0 Å². The normalized spacial score (nSPS) is 15.2. The van der Waals surface area contributed by atoms with Crippen molar-refractivity contribution in [3.05, 3.63) is 84.4 Å². The van der Waals surface area contributed by atoms with E-state index in [1.165, 1.54) is 16.2 Å². The molecule has 5 rings (SSSR count). The molecule has 0 saturated heterocycles. The van der Waals surface area contributed by atoms with Gasteiger partial charge in [-0.15, -0.1) is 0 Å². The van der Waals surface area contributed by atoms with E-state index in [0.717, 1.165) is 15.8 Å². The Labute approximate surface area is 196 Å². The van der Waals surface area contributed by atoms with Crippen molar-refractivity contribution >= 4 is 44.2 Å². The van der Waals surface area contributed by atoms with Gasteiger partial charge in [0.1, 0.15) is 12.3 Å². The lowest BCUT2D eigenvalue weighted by atomic mass is 10.1. The van der Waals surface area contributed by atoms with Gasteiger partial charge in [-0.05, 0) is 43.2 Å². The lowest BCUT2D eigenvalue weighted by Crippen LogP contribution is -2.50. The van der Waals surface area contributed by atoms with Crippen LogP contribution in [0.3, 0.4) is 0 Å². The van der Waals surface area contributed by atoms with E-state index in [1.54, 1.807) is 17.9 Å². The zero-order chi connectivity index (χ0) is 22.8. The van der Waals surface area contributed by atoms with Gasteiger partial charge in [0.15, 0.2) is 11.2 Å². The molecule has 0 saturated carbocycles. The standard InChI is InChI=1S/C26H23N3O3S/c1-18-25(31)29(21-12-6-7-13-22(21)32-18)17-24(30)28(16-15-19-9-3-2-4-10-19)26-27-20-11-5-8-14-23(20)33-26/h2-14,18H,15-17H2,1H3. The third-order valence-electron chi connectivity index (χ3n) is 5.65. The molecule has 1 atom stereocenters. The number of thiazole rings is 1. The lowest BCUT2D eigenvalue weighted by molar-refractivity contribution is -0.127. The van der Waals surface area contributed by atoms with Crippen molar-refractivity contribution in [2.24, 2.45) is 0 Å². The van der Waals surface area contributed by atoms with Gasteiger partial charge in [-0.1, -0.05) is 65.9 Å². The molecule has 0 spiro atoms. The molecule has 33 heavy (non-hydrogen) atoms. The Morgan fingerprint density at radius 3 is 2.58 bits per heavy atom. The predicted octanol–water partition coefficient (Wildman–Crippen LogP) is 4.69. The summed E-state index contributed by atoms with van der Waals surface area (Å²) < 4.78 is 6.74. The van der Waals surface area contributed by atoms with Crippen LogP contribution in [-0.4, -0.2) is 36.0 Å². The second-order valence-corrected chi connectivity index (χ2v) is 8.91. The molecule has 3 aromatic carbocycles. The molecule has 0 radical (unpaired) electrons. The number of para-hydroxylation sites is 3. The fraction of sp³-hybridized carbons (Fsp3) is 0.192. The molecule has 0 bridgehead atoms. The summed E-state index contributed by atoms with van der Waals surface area (Å²) >= 11 is 1.48. The van der Waals surface area contributed by atoms with Crippen LogP contribution in [-0.2, 0) is 16.0 Å². The third kappa shape index (κ3) is 4.32. The van der Waals surface area contributed by atoms with Gasteiger partial charge in [0, 0.05) is 6.54 Å². The molecular weight excluding hydrogens is 434 g/mol. The predicted molar refractivity (Wildman–Crippen MR) is 131 cm³/mol. The Morgan fingerprint density at radius 2 is 1.76 bits per heavy atom. The fourth-order valence-corrected chi connectivity index (χ4v) is 4.94. The van der Waals surface area contributed by atoms with E-state index in [4.69, 9.17) is 9.72 Å². The summed E-state index contributed by atoms with van der Waals surface area (Å²) in [5, 5.41) is 0.638. The van der Waals surface area contributed by atoms with Gasteiger partial charge < -0.3 is 4.74 Å². The number of carbonyl (C=O) groups excluding carboxylic acids is 2. The zero-order valence-electron chi connectivity index (χ0n) is 18.2. The van der Waals surface area contributed by atoms with Gasteiger partial charge in [-0.25, -0.2) is 4.98 Å². The summed E-state index contributed by atoms with van der Waals surface area (Å²) in [5.74, 6) is 0.199. The molecular formula is C26H23N3O3S. The van der Waals surface area contributed by atoms with Crippen LogP contribution in [0.5, 0.6) is 5.75 Å². The van der Waals surface area contributed by atoms with E-state index >= 15 is 0 Å². The molecule has 2 heterocycles. The summed E-state index contributed by atoms with van der Waals surface area (Å²) in [5.41, 5.74) is 2.61. The summed E-state index contributed by atoms with van der Waals surface area (Å²) in [6.07, 6.45) is 0.0416. The molecule has 7 heteroatoms. The quantitative estimate of drug-likeness (QED) is 0.422. The first-order chi connectivity index (χ1) is 16.1. The molecule has 1 aliphatic rings. The van der Waals surface area contributed by atoms with Gasteiger partial charge in [0.05, 0.1) is 15.9 Å². The Morgan fingerprint density at radius 1 is 1.03 bits per heavy atom. The van der Waals surface area contributed by atoms with Crippen molar-refractivity contribution in [1.82, 2.24) is 4.98 Å². The highest BCUT2D eigenvalue weighted by molar-refractivity contribution is 7.22. The minimum atomic E-state index is -0.645. The van der Waals surface area contributed by atoms with Crippen LogP contribution in [0, 0.1) is 0 Å². The monoisotopic (exact) mass is 457 g/mol. The summed E-state index contributed by atoms with van der Waals surface area (Å²) in [4.78, 5) is 34.5. The first-order valence-corrected chi connectivity index (χ1v) is 11.7. The smallest absolute Gasteiger partial charge is 0.268 e. The van der Waals surface area contributed by atoms with Gasteiger partial charge >= 0.3 is 0 Å². The number of fused-ring (bicyclic) bond motifs is 2. The van der Waals surface area contributed by atoms with Crippen LogP contribution in [0.2, 0.25) is 0 Å². The van der Waals surface area contributed by atoms with E-state index < -0.39 is 6.10 Å². The highest BCUT2D eigenvalue weighted by Gasteiger charge is 2.34. The first-order valence-electron chi connectivity index (χ1n) is 10.9. The van der Waals surface area contributed by atoms with Crippen LogP contribution in [0.15, 0.2) is 78.9 Å². The van der Waals surface area contributed by atoms with E-state index in [0.29, 0.717) is 29.5 Å². The Balaban J connectivity index is 1.45. The molecule has 166 valence electrons. The number of benzene rings is 3. The van der Waals surface area contributed by atoms with Gasteiger partial charge in [0.2, 0.25) is 5.91 Å². The number of nitrogens with zero attached hydrogens (tertiary/aromatic N) is 3. The van der Waals surface area contributed by atoms with Crippen molar-refractivity contribution in [2.45, 2.75) is 19.4 Å². The summed E-state index contributed by atoms with van der Waals surface area (Å²) in [6, 6.07) is 25.2. The lowest BCUT2D eigenvalue weighted by Gasteiger charge is -2.33. The van der Waals surface area contributed by atoms with Crippen LogP contribution < -0.4 is 14.5 Å². The van der Waals surface area contributed by atoms with Crippen LogP contribution in [0.25, 0.3) is 10.2 Å². The van der Waals surface area contributed by atoms with Crippen molar-refractivity contribution in [3.8, 4) is 5.75 Å². The van der Waals surface area contributed by atoms with Crippen LogP contribution in [0.4, 0.5) is 10.8 Å². The van der Waals surface area contributed by atoms with Crippen molar-refractivity contribution in [1.29, 1.82) is 0 Å². The number of anilines is 2. The molecule has 2 amide bonds. The summed E-state index contributed by atoms with van der Waals surface area (Å²) in [7, 11) is 0. The van der Waals surface area contributed by atoms with Crippen molar-refractivity contribution in [2.75, 3.05) is 22.9 Å². The number of hydrogen-bond donors (Lipinski definition) is 0. The maximum Gasteiger partial charge on any atom is 0.268 e. The average Bonchev–Trinajstić information content (AvgIpc) is 3.26. The number of aromatic nitrogens is 1. The molecule has 0 aliphatic carbocycles. The molecule has 1 aliphatic heterocycles. The largest absolute Gasteiger partial charge is 0.479 e. The minimum Gasteiger partial charge on any atom is -0.479 e. The van der Waals surface area contributed by atoms with E-state index in [2.05, 4.69) is 0 Å². The molecule has 1 aromatic heterocycles. The van der Waals surface area contributed by atoms with E-state index in [-0.39, 0.29) is 18.4 Å². The highest BCUT2D eigenvalue weighted by atomic mass is 32.1. The van der Waals surface area contributed by atoms with Crippen LogP contribution in [0.1, 0.15) is 12.5 Å². The number of ether oxygens (including phenoxy) is 1. The number of amides is 2. The van der Waals surface area contributed by atoms with Gasteiger partial charge in [-0.2, -0.15) is 0 Å². The van der Waals surface area contributed by atoms with E-state index in [1.807, 2.05) is 72.8 Å². The van der Waals surface area contributed by atoms with Gasteiger partial charge in [-0.3, -0.25) is 19.4 Å². The number of carbonyl (C=O) groups is 2.